The normalized spacial score (nSPS) is 10.1. The third-order valence-electron chi connectivity index (χ3n) is 2.52. The smallest absolute Gasteiger partial charge is 0.224 e. The number of hydrogen-bond acceptors (Lipinski definition) is 2. The second-order valence-electron chi connectivity index (χ2n) is 3.89. The van der Waals surface area contributed by atoms with Gasteiger partial charge in [-0.05, 0) is 34.4 Å². The molecule has 0 aliphatic carbocycles. The molecule has 0 aliphatic rings. The molecule has 0 bridgehead atoms. The van der Waals surface area contributed by atoms with Crippen LogP contribution in [0.2, 0.25) is 0 Å². The van der Waals surface area contributed by atoms with E-state index in [1.165, 1.54) is 5.56 Å². The highest BCUT2D eigenvalue weighted by Gasteiger charge is 2.02. The number of rotatable bonds is 5. The first-order valence-corrected chi connectivity index (χ1v) is 6.60. The summed E-state index contributed by atoms with van der Waals surface area (Å²) < 4.78 is 0. The van der Waals surface area contributed by atoms with Crippen LogP contribution in [0.5, 0.6) is 0 Å². The highest BCUT2D eigenvalue weighted by molar-refractivity contribution is 7.07. The van der Waals surface area contributed by atoms with Crippen LogP contribution in [0.25, 0.3) is 0 Å². The maximum Gasteiger partial charge on any atom is 0.224 e. The highest BCUT2D eigenvalue weighted by Crippen LogP contribution is 2.05. The molecule has 0 saturated heterocycles. The van der Waals surface area contributed by atoms with Gasteiger partial charge in [-0.25, -0.2) is 0 Å². The molecule has 17 heavy (non-hydrogen) atoms. The van der Waals surface area contributed by atoms with Crippen molar-refractivity contribution in [1.29, 1.82) is 0 Å². The summed E-state index contributed by atoms with van der Waals surface area (Å²) in [6.45, 7) is 0.711. The minimum atomic E-state index is 0.0893. The molecular weight excluding hydrogens is 230 g/mol. The molecule has 1 heterocycles. The molecule has 88 valence electrons. The summed E-state index contributed by atoms with van der Waals surface area (Å²) in [5, 5.41) is 7.11. The molecule has 2 nitrogen and oxygen atoms in total. The van der Waals surface area contributed by atoms with Gasteiger partial charge in [0.15, 0.2) is 0 Å². The van der Waals surface area contributed by atoms with Crippen LogP contribution in [0.1, 0.15) is 11.1 Å². The van der Waals surface area contributed by atoms with E-state index in [2.05, 4.69) is 22.1 Å². The maximum absolute atomic E-state index is 11.6. The topological polar surface area (TPSA) is 29.1 Å². The van der Waals surface area contributed by atoms with Crippen molar-refractivity contribution < 1.29 is 4.79 Å². The quantitative estimate of drug-likeness (QED) is 0.862. The lowest BCUT2D eigenvalue weighted by molar-refractivity contribution is -0.120. The second kappa shape index (κ2) is 6.21. The van der Waals surface area contributed by atoms with Crippen molar-refractivity contribution in [2.24, 2.45) is 0 Å². The van der Waals surface area contributed by atoms with Crippen molar-refractivity contribution in [3.8, 4) is 0 Å². The Hall–Kier alpha value is -1.61. The van der Waals surface area contributed by atoms with E-state index in [1.54, 1.807) is 11.3 Å². The zero-order valence-corrected chi connectivity index (χ0v) is 10.4. The number of thiophene rings is 1. The number of hydrogen-bond donors (Lipinski definition) is 1. The van der Waals surface area contributed by atoms with Gasteiger partial charge < -0.3 is 5.32 Å². The maximum atomic E-state index is 11.6. The fourth-order valence-electron chi connectivity index (χ4n) is 1.62. The average molecular weight is 245 g/mol. The summed E-state index contributed by atoms with van der Waals surface area (Å²) in [7, 11) is 0. The van der Waals surface area contributed by atoms with Gasteiger partial charge >= 0.3 is 0 Å². The first kappa shape index (κ1) is 11.9. The Labute approximate surface area is 105 Å². The summed E-state index contributed by atoms with van der Waals surface area (Å²) in [6.07, 6.45) is 1.37. The van der Waals surface area contributed by atoms with E-state index in [9.17, 15) is 4.79 Å². The SMILES string of the molecule is O=C(Cc1ccccc1)NCCc1ccsc1. The first-order chi connectivity index (χ1) is 8.34. The lowest BCUT2D eigenvalue weighted by Crippen LogP contribution is -2.27. The van der Waals surface area contributed by atoms with Crippen LogP contribution in [0.3, 0.4) is 0 Å². The van der Waals surface area contributed by atoms with Crippen LogP contribution in [0, 0.1) is 0 Å². The lowest BCUT2D eigenvalue weighted by atomic mass is 10.1. The highest BCUT2D eigenvalue weighted by atomic mass is 32.1. The van der Waals surface area contributed by atoms with Crippen LogP contribution in [-0.4, -0.2) is 12.5 Å². The molecule has 0 saturated carbocycles. The summed E-state index contributed by atoms with van der Waals surface area (Å²) in [6, 6.07) is 11.9. The summed E-state index contributed by atoms with van der Waals surface area (Å²) in [5.41, 5.74) is 2.34. The summed E-state index contributed by atoms with van der Waals surface area (Å²) in [5.74, 6) is 0.0893. The number of benzene rings is 1. The van der Waals surface area contributed by atoms with Gasteiger partial charge in [0.05, 0.1) is 6.42 Å². The van der Waals surface area contributed by atoms with Crippen LogP contribution in [-0.2, 0) is 17.6 Å². The zero-order chi connectivity index (χ0) is 11.9. The third kappa shape index (κ3) is 4.04. The van der Waals surface area contributed by atoms with Crippen LogP contribution in [0.15, 0.2) is 47.2 Å². The van der Waals surface area contributed by atoms with E-state index in [-0.39, 0.29) is 5.91 Å². The molecule has 1 aromatic heterocycles. The van der Waals surface area contributed by atoms with Crippen molar-refractivity contribution >= 4 is 17.2 Å². The van der Waals surface area contributed by atoms with E-state index in [0.717, 1.165) is 12.0 Å². The minimum Gasteiger partial charge on any atom is -0.355 e. The van der Waals surface area contributed by atoms with Crippen LogP contribution >= 0.6 is 11.3 Å². The Morgan fingerprint density at radius 1 is 1.12 bits per heavy atom. The molecule has 3 heteroatoms. The van der Waals surface area contributed by atoms with Gasteiger partial charge in [-0.2, -0.15) is 11.3 Å². The van der Waals surface area contributed by atoms with Gasteiger partial charge in [-0.15, -0.1) is 0 Å². The predicted molar refractivity (Wildman–Crippen MR) is 71.2 cm³/mol. The molecule has 0 unspecified atom stereocenters. The van der Waals surface area contributed by atoms with E-state index in [1.807, 2.05) is 30.3 Å². The van der Waals surface area contributed by atoms with E-state index in [4.69, 9.17) is 0 Å². The van der Waals surface area contributed by atoms with E-state index in [0.29, 0.717) is 13.0 Å². The fourth-order valence-corrected chi connectivity index (χ4v) is 2.33. The third-order valence-corrected chi connectivity index (χ3v) is 3.26. The molecule has 1 N–H and O–H groups in total. The van der Waals surface area contributed by atoms with Crippen molar-refractivity contribution in [2.75, 3.05) is 6.54 Å². The molecule has 0 spiro atoms. The summed E-state index contributed by atoms with van der Waals surface area (Å²) in [4.78, 5) is 11.6. The number of carbonyl (C=O) groups excluding carboxylic acids is 1. The Morgan fingerprint density at radius 2 is 1.94 bits per heavy atom. The number of amides is 1. The lowest BCUT2D eigenvalue weighted by Gasteiger charge is -2.04. The van der Waals surface area contributed by atoms with Crippen LogP contribution < -0.4 is 5.32 Å². The summed E-state index contributed by atoms with van der Waals surface area (Å²) >= 11 is 1.69. The minimum absolute atomic E-state index is 0.0893. The largest absolute Gasteiger partial charge is 0.355 e. The molecule has 1 amide bonds. The molecule has 0 atom stereocenters. The fraction of sp³-hybridized carbons (Fsp3) is 0.214. The first-order valence-electron chi connectivity index (χ1n) is 5.66. The van der Waals surface area contributed by atoms with Gasteiger partial charge in [0.25, 0.3) is 0 Å². The Bertz CT molecular complexity index is 450. The van der Waals surface area contributed by atoms with Crippen LogP contribution in [0.4, 0.5) is 0 Å². The Morgan fingerprint density at radius 3 is 2.65 bits per heavy atom. The molecule has 0 radical (unpaired) electrons. The number of nitrogens with one attached hydrogen (secondary N) is 1. The van der Waals surface area contributed by atoms with E-state index >= 15 is 0 Å². The molecule has 1 aromatic carbocycles. The van der Waals surface area contributed by atoms with E-state index < -0.39 is 0 Å². The van der Waals surface area contributed by atoms with Gasteiger partial charge in [-0.1, -0.05) is 30.3 Å². The van der Waals surface area contributed by atoms with Crippen molar-refractivity contribution in [1.82, 2.24) is 5.32 Å². The molecule has 0 aliphatic heterocycles. The molecule has 0 fully saturated rings. The monoisotopic (exact) mass is 245 g/mol. The van der Waals surface area contributed by atoms with Crippen molar-refractivity contribution in [3.63, 3.8) is 0 Å². The van der Waals surface area contributed by atoms with Crippen molar-refractivity contribution in [2.45, 2.75) is 12.8 Å². The van der Waals surface area contributed by atoms with Gasteiger partial charge in [-0.3, -0.25) is 4.79 Å². The van der Waals surface area contributed by atoms with Gasteiger partial charge in [0, 0.05) is 6.54 Å². The van der Waals surface area contributed by atoms with Crippen molar-refractivity contribution in [3.05, 3.63) is 58.3 Å². The Balaban J connectivity index is 1.71. The number of carbonyl (C=O) groups is 1. The molecular formula is C14H15NOS. The standard InChI is InChI=1S/C14H15NOS/c16-14(10-12-4-2-1-3-5-12)15-8-6-13-7-9-17-11-13/h1-5,7,9,11H,6,8,10H2,(H,15,16). The zero-order valence-electron chi connectivity index (χ0n) is 9.56. The van der Waals surface area contributed by atoms with Gasteiger partial charge in [0.1, 0.15) is 0 Å². The molecule has 2 rings (SSSR count). The van der Waals surface area contributed by atoms with Gasteiger partial charge in [0.2, 0.25) is 5.91 Å². The predicted octanol–water partition coefficient (Wildman–Crippen LogP) is 2.65. The average Bonchev–Trinajstić information content (AvgIpc) is 2.83. The second-order valence-corrected chi connectivity index (χ2v) is 4.67. The molecule has 2 aromatic rings. The Kier molecular flexibility index (Phi) is 4.33.